The van der Waals surface area contributed by atoms with Crippen molar-refractivity contribution < 1.29 is 19.1 Å². The van der Waals surface area contributed by atoms with Gasteiger partial charge in [0, 0.05) is 12.2 Å². The van der Waals surface area contributed by atoms with Gasteiger partial charge in [-0.25, -0.2) is 4.39 Å². The number of carbonyl (C=O) groups excluding carboxylic acids is 1. The molecule has 7 heteroatoms. The Morgan fingerprint density at radius 2 is 2.35 bits per heavy atom. The van der Waals surface area contributed by atoms with Crippen molar-refractivity contribution in [1.29, 1.82) is 0 Å². The Bertz CT molecular complexity index is 548. The van der Waals surface area contributed by atoms with Gasteiger partial charge in [0.15, 0.2) is 5.84 Å². The number of anilines is 1. The first kappa shape index (κ1) is 14.3. The molecule has 1 saturated heterocycles. The van der Waals surface area contributed by atoms with Crippen molar-refractivity contribution in [3.63, 3.8) is 0 Å². The van der Waals surface area contributed by atoms with E-state index in [1.807, 2.05) is 6.92 Å². The number of benzene rings is 1. The van der Waals surface area contributed by atoms with Gasteiger partial charge in [0.05, 0.1) is 5.69 Å². The van der Waals surface area contributed by atoms with Crippen molar-refractivity contribution in [2.45, 2.75) is 19.4 Å². The summed E-state index contributed by atoms with van der Waals surface area (Å²) in [5.41, 5.74) is 5.62. The number of hydrogen-bond acceptors (Lipinski definition) is 4. The molecular formula is C13H16FN3O3. The number of amidine groups is 1. The summed E-state index contributed by atoms with van der Waals surface area (Å²) in [6, 6.07) is 3.90. The van der Waals surface area contributed by atoms with E-state index >= 15 is 0 Å². The smallest absolute Gasteiger partial charge is 0.253 e. The molecule has 1 heterocycles. The lowest BCUT2D eigenvalue weighted by Crippen LogP contribution is -2.31. The Morgan fingerprint density at radius 3 is 2.90 bits per heavy atom. The second-order valence-electron chi connectivity index (χ2n) is 4.73. The Hall–Kier alpha value is -2.15. The average Bonchev–Trinajstić information content (AvgIpc) is 2.86. The van der Waals surface area contributed by atoms with Crippen LogP contribution in [0.5, 0.6) is 0 Å². The van der Waals surface area contributed by atoms with E-state index in [4.69, 9.17) is 15.7 Å². The Morgan fingerprint density at radius 1 is 1.60 bits per heavy atom. The minimum atomic E-state index is -0.659. The van der Waals surface area contributed by atoms with Crippen molar-refractivity contribution in [1.82, 2.24) is 0 Å². The molecule has 2 rings (SSSR count). The highest BCUT2D eigenvalue weighted by molar-refractivity contribution is 5.98. The first-order valence-corrected chi connectivity index (χ1v) is 6.23. The SMILES string of the molecule is CC1CCOC1C(=O)Nc1ccc(/C(N)=N/O)cc1F. The number of carbonyl (C=O) groups is 1. The molecule has 6 nitrogen and oxygen atoms in total. The number of amides is 1. The zero-order valence-electron chi connectivity index (χ0n) is 11.0. The van der Waals surface area contributed by atoms with Crippen molar-refractivity contribution in [2.24, 2.45) is 16.8 Å². The molecular weight excluding hydrogens is 265 g/mol. The van der Waals surface area contributed by atoms with Crippen LogP contribution in [0, 0.1) is 11.7 Å². The summed E-state index contributed by atoms with van der Waals surface area (Å²) in [6.45, 7) is 2.44. The first-order chi connectivity index (χ1) is 9.52. The van der Waals surface area contributed by atoms with E-state index in [0.29, 0.717) is 6.61 Å². The molecule has 20 heavy (non-hydrogen) atoms. The highest BCUT2D eigenvalue weighted by Gasteiger charge is 2.31. The lowest BCUT2D eigenvalue weighted by Gasteiger charge is -2.15. The van der Waals surface area contributed by atoms with Gasteiger partial charge in [-0.2, -0.15) is 0 Å². The molecule has 1 fully saturated rings. The van der Waals surface area contributed by atoms with Gasteiger partial charge >= 0.3 is 0 Å². The molecule has 108 valence electrons. The Kier molecular flexibility index (Phi) is 4.19. The van der Waals surface area contributed by atoms with Gasteiger partial charge < -0.3 is 21.0 Å². The lowest BCUT2D eigenvalue weighted by atomic mass is 10.0. The molecule has 0 spiro atoms. The van der Waals surface area contributed by atoms with Crippen molar-refractivity contribution >= 4 is 17.4 Å². The van der Waals surface area contributed by atoms with Crippen LogP contribution in [-0.4, -0.2) is 29.7 Å². The van der Waals surface area contributed by atoms with Gasteiger partial charge in [-0.3, -0.25) is 4.79 Å². The van der Waals surface area contributed by atoms with Crippen LogP contribution in [0.25, 0.3) is 0 Å². The summed E-state index contributed by atoms with van der Waals surface area (Å²) in [6.07, 6.45) is 0.251. The second kappa shape index (κ2) is 5.87. The van der Waals surface area contributed by atoms with Gasteiger partial charge in [-0.1, -0.05) is 12.1 Å². The van der Waals surface area contributed by atoms with E-state index in [1.165, 1.54) is 12.1 Å². The molecule has 4 N–H and O–H groups in total. The monoisotopic (exact) mass is 281 g/mol. The van der Waals surface area contributed by atoms with E-state index in [-0.39, 0.29) is 28.9 Å². The lowest BCUT2D eigenvalue weighted by molar-refractivity contribution is -0.126. The summed E-state index contributed by atoms with van der Waals surface area (Å²) >= 11 is 0. The van der Waals surface area contributed by atoms with Crippen LogP contribution in [0.4, 0.5) is 10.1 Å². The van der Waals surface area contributed by atoms with Gasteiger partial charge in [-0.15, -0.1) is 0 Å². The number of rotatable bonds is 3. The van der Waals surface area contributed by atoms with Crippen molar-refractivity contribution in [3.8, 4) is 0 Å². The zero-order chi connectivity index (χ0) is 14.7. The van der Waals surface area contributed by atoms with Crippen LogP contribution < -0.4 is 11.1 Å². The minimum absolute atomic E-state index is 0.0344. The third-order valence-corrected chi connectivity index (χ3v) is 3.28. The number of oxime groups is 1. The molecule has 0 bridgehead atoms. The molecule has 1 aliphatic heterocycles. The quantitative estimate of drug-likeness (QED) is 0.336. The van der Waals surface area contributed by atoms with E-state index in [1.54, 1.807) is 0 Å². The number of ether oxygens (including phenoxy) is 1. The summed E-state index contributed by atoms with van der Waals surface area (Å²) < 4.78 is 19.2. The first-order valence-electron chi connectivity index (χ1n) is 6.23. The zero-order valence-corrected chi connectivity index (χ0v) is 11.0. The molecule has 1 amide bonds. The summed E-state index contributed by atoms with van der Waals surface area (Å²) in [7, 11) is 0. The summed E-state index contributed by atoms with van der Waals surface area (Å²) in [4.78, 5) is 12.0. The third-order valence-electron chi connectivity index (χ3n) is 3.28. The number of nitrogens with zero attached hydrogens (tertiary/aromatic N) is 1. The maximum absolute atomic E-state index is 13.8. The normalized spacial score (nSPS) is 22.8. The van der Waals surface area contributed by atoms with Crippen LogP contribution in [0.15, 0.2) is 23.4 Å². The molecule has 0 radical (unpaired) electrons. The maximum Gasteiger partial charge on any atom is 0.253 e. The highest BCUT2D eigenvalue weighted by Crippen LogP contribution is 2.23. The van der Waals surface area contributed by atoms with E-state index in [0.717, 1.165) is 12.5 Å². The number of hydrogen-bond donors (Lipinski definition) is 3. The Labute approximate surface area is 115 Å². The van der Waals surface area contributed by atoms with E-state index in [2.05, 4.69) is 10.5 Å². The largest absolute Gasteiger partial charge is 0.409 e. The predicted octanol–water partition coefficient (Wildman–Crippen LogP) is 1.28. The van der Waals surface area contributed by atoms with Gasteiger partial charge in [-0.05, 0) is 30.5 Å². The van der Waals surface area contributed by atoms with Crippen molar-refractivity contribution in [2.75, 3.05) is 11.9 Å². The highest BCUT2D eigenvalue weighted by atomic mass is 19.1. The maximum atomic E-state index is 13.8. The second-order valence-corrected chi connectivity index (χ2v) is 4.73. The van der Waals surface area contributed by atoms with Crippen LogP contribution in [-0.2, 0) is 9.53 Å². The van der Waals surface area contributed by atoms with Crippen molar-refractivity contribution in [3.05, 3.63) is 29.6 Å². The predicted molar refractivity (Wildman–Crippen MR) is 71.1 cm³/mol. The fraction of sp³-hybridized carbons (Fsp3) is 0.385. The standard InChI is InChI=1S/C13H16FN3O3/c1-7-4-5-20-11(7)13(18)16-10-3-2-8(6-9(10)14)12(15)17-19/h2-3,6-7,11,19H,4-5H2,1H3,(H2,15,17)(H,16,18). The van der Waals surface area contributed by atoms with E-state index < -0.39 is 11.9 Å². The van der Waals surface area contributed by atoms with Gasteiger partial charge in [0.1, 0.15) is 11.9 Å². The minimum Gasteiger partial charge on any atom is -0.409 e. The Balaban J connectivity index is 2.12. The number of nitrogens with two attached hydrogens (primary N) is 1. The molecule has 0 aromatic heterocycles. The van der Waals surface area contributed by atoms with Crippen LogP contribution in [0.2, 0.25) is 0 Å². The molecule has 1 aliphatic rings. The average molecular weight is 281 g/mol. The fourth-order valence-corrected chi connectivity index (χ4v) is 2.07. The van der Waals surface area contributed by atoms with Gasteiger partial charge in [0.25, 0.3) is 5.91 Å². The van der Waals surface area contributed by atoms with E-state index in [9.17, 15) is 9.18 Å². The molecule has 2 unspecified atom stereocenters. The third kappa shape index (κ3) is 2.88. The fourth-order valence-electron chi connectivity index (χ4n) is 2.07. The van der Waals surface area contributed by atoms with Crippen LogP contribution in [0.1, 0.15) is 18.9 Å². The van der Waals surface area contributed by atoms with Crippen LogP contribution in [0.3, 0.4) is 0 Å². The summed E-state index contributed by atoms with van der Waals surface area (Å²) in [5.74, 6) is -1.12. The topological polar surface area (TPSA) is 96.9 Å². The summed E-state index contributed by atoms with van der Waals surface area (Å²) in [5, 5.41) is 13.8. The molecule has 0 saturated carbocycles. The number of nitrogens with one attached hydrogen (secondary N) is 1. The molecule has 1 aromatic carbocycles. The molecule has 1 aromatic rings. The molecule has 0 aliphatic carbocycles. The van der Waals surface area contributed by atoms with Gasteiger partial charge in [0.2, 0.25) is 0 Å². The van der Waals surface area contributed by atoms with Crippen LogP contribution >= 0.6 is 0 Å². The number of halogens is 1. The molecule has 2 atom stereocenters.